The lowest BCUT2D eigenvalue weighted by Gasteiger charge is -2.19. The van der Waals surface area contributed by atoms with Crippen LogP contribution in [0.15, 0.2) is 109 Å². The summed E-state index contributed by atoms with van der Waals surface area (Å²) < 4.78 is 0. The summed E-state index contributed by atoms with van der Waals surface area (Å²) >= 11 is 0. The molecular weight excluding hydrogens is 388 g/mol. The van der Waals surface area contributed by atoms with Gasteiger partial charge in [0.15, 0.2) is 0 Å². The Hall–Kier alpha value is -4.04. The molecule has 32 heavy (non-hydrogen) atoms. The van der Waals surface area contributed by atoms with Gasteiger partial charge in [-0.15, -0.1) is 0 Å². The lowest BCUT2D eigenvalue weighted by atomic mass is 9.87. The third-order valence-electron chi connectivity index (χ3n) is 6.17. The van der Waals surface area contributed by atoms with Crippen molar-refractivity contribution in [3.8, 4) is 33.4 Å². The standard InChI is InChI=1S/C30H26N2/c31-29-27(25-17-9-7-15-23(25)21-11-3-1-4-12-21)19-20-28(30(29)32)26-18-10-8-16-24(26)22-13-5-2-6-14-22/h1-5,7-13,15-20H,6,14,31-32H2. The number of nitrogen functional groups attached to an aromatic ring is 2. The van der Waals surface area contributed by atoms with E-state index >= 15 is 0 Å². The fourth-order valence-corrected chi connectivity index (χ4v) is 4.52. The molecule has 4 aromatic rings. The fourth-order valence-electron chi connectivity index (χ4n) is 4.52. The molecule has 0 fully saturated rings. The molecule has 0 heterocycles. The summed E-state index contributed by atoms with van der Waals surface area (Å²) in [7, 11) is 0. The number of hydrogen-bond donors (Lipinski definition) is 2. The van der Waals surface area contributed by atoms with Gasteiger partial charge in [0.2, 0.25) is 0 Å². The van der Waals surface area contributed by atoms with Crippen molar-refractivity contribution in [1.82, 2.24) is 0 Å². The zero-order chi connectivity index (χ0) is 21.9. The first-order valence-electron chi connectivity index (χ1n) is 11.0. The highest BCUT2D eigenvalue weighted by molar-refractivity contribution is 5.99. The van der Waals surface area contributed by atoms with E-state index in [2.05, 4.69) is 97.1 Å². The molecule has 2 heteroatoms. The monoisotopic (exact) mass is 414 g/mol. The molecule has 2 nitrogen and oxygen atoms in total. The van der Waals surface area contributed by atoms with Crippen molar-refractivity contribution in [3.05, 3.63) is 115 Å². The highest BCUT2D eigenvalue weighted by Crippen LogP contribution is 2.43. The van der Waals surface area contributed by atoms with Crippen LogP contribution in [0.3, 0.4) is 0 Å². The molecule has 1 aliphatic rings. The Balaban J connectivity index is 1.64. The van der Waals surface area contributed by atoms with Crippen LogP contribution in [-0.2, 0) is 0 Å². The molecule has 0 aliphatic heterocycles. The van der Waals surface area contributed by atoms with Crippen molar-refractivity contribution in [2.45, 2.75) is 12.8 Å². The topological polar surface area (TPSA) is 52.0 Å². The summed E-state index contributed by atoms with van der Waals surface area (Å²) in [5, 5.41) is 0. The van der Waals surface area contributed by atoms with Crippen LogP contribution in [0.25, 0.3) is 39.0 Å². The van der Waals surface area contributed by atoms with E-state index in [-0.39, 0.29) is 0 Å². The molecule has 0 aromatic heterocycles. The summed E-state index contributed by atoms with van der Waals surface area (Å²) in [6, 6.07) is 31.4. The molecule has 0 atom stereocenters. The van der Waals surface area contributed by atoms with Gasteiger partial charge in [0, 0.05) is 11.1 Å². The first-order valence-corrected chi connectivity index (χ1v) is 11.0. The number of rotatable bonds is 4. The Labute approximate surface area is 189 Å². The van der Waals surface area contributed by atoms with Crippen molar-refractivity contribution in [2.75, 3.05) is 11.5 Å². The predicted octanol–water partition coefficient (Wildman–Crippen LogP) is 7.59. The zero-order valence-corrected chi connectivity index (χ0v) is 18.0. The summed E-state index contributed by atoms with van der Waals surface area (Å²) in [5.74, 6) is 0. The quantitative estimate of drug-likeness (QED) is 0.338. The average Bonchev–Trinajstić information content (AvgIpc) is 2.87. The molecule has 4 N–H and O–H groups in total. The minimum Gasteiger partial charge on any atom is -0.397 e. The molecule has 0 spiro atoms. The highest BCUT2D eigenvalue weighted by atomic mass is 14.7. The van der Waals surface area contributed by atoms with Crippen molar-refractivity contribution < 1.29 is 0 Å². The van der Waals surface area contributed by atoms with Crippen molar-refractivity contribution >= 4 is 16.9 Å². The number of allylic oxidation sites excluding steroid dienone is 4. The minimum absolute atomic E-state index is 0.623. The van der Waals surface area contributed by atoms with Crippen LogP contribution < -0.4 is 11.5 Å². The van der Waals surface area contributed by atoms with Crippen molar-refractivity contribution in [3.63, 3.8) is 0 Å². The van der Waals surface area contributed by atoms with Gasteiger partial charge in [0.05, 0.1) is 11.4 Å². The summed E-state index contributed by atoms with van der Waals surface area (Å²) in [5.41, 5.74) is 23.6. The Morgan fingerprint density at radius 1 is 0.500 bits per heavy atom. The Kier molecular flexibility index (Phi) is 5.35. The van der Waals surface area contributed by atoms with Crippen LogP contribution in [-0.4, -0.2) is 0 Å². The maximum Gasteiger partial charge on any atom is 0.0634 e. The molecule has 0 radical (unpaired) electrons. The van der Waals surface area contributed by atoms with E-state index in [0.29, 0.717) is 11.4 Å². The third kappa shape index (κ3) is 3.61. The van der Waals surface area contributed by atoms with Gasteiger partial charge in [-0.05, 0) is 46.2 Å². The highest BCUT2D eigenvalue weighted by Gasteiger charge is 2.17. The van der Waals surface area contributed by atoms with Gasteiger partial charge in [0.1, 0.15) is 0 Å². The van der Waals surface area contributed by atoms with Crippen LogP contribution in [0.4, 0.5) is 11.4 Å². The predicted molar refractivity (Wildman–Crippen MR) is 138 cm³/mol. The van der Waals surface area contributed by atoms with E-state index in [1.165, 1.54) is 11.1 Å². The van der Waals surface area contributed by atoms with E-state index in [9.17, 15) is 0 Å². The van der Waals surface area contributed by atoms with Gasteiger partial charge in [-0.25, -0.2) is 0 Å². The number of nitrogens with two attached hydrogens (primary N) is 2. The second-order valence-corrected chi connectivity index (χ2v) is 8.10. The number of anilines is 2. The number of hydrogen-bond acceptors (Lipinski definition) is 2. The maximum absolute atomic E-state index is 6.68. The Morgan fingerprint density at radius 2 is 1.03 bits per heavy atom. The van der Waals surface area contributed by atoms with Gasteiger partial charge < -0.3 is 11.5 Å². The summed E-state index contributed by atoms with van der Waals surface area (Å²) in [6.45, 7) is 0. The van der Waals surface area contributed by atoms with Gasteiger partial charge in [-0.1, -0.05) is 109 Å². The maximum atomic E-state index is 6.68. The zero-order valence-electron chi connectivity index (χ0n) is 18.0. The molecule has 5 rings (SSSR count). The van der Waals surface area contributed by atoms with Crippen molar-refractivity contribution in [1.29, 1.82) is 0 Å². The van der Waals surface area contributed by atoms with Crippen LogP contribution in [0.1, 0.15) is 18.4 Å². The van der Waals surface area contributed by atoms with E-state index < -0.39 is 0 Å². The van der Waals surface area contributed by atoms with Gasteiger partial charge >= 0.3 is 0 Å². The number of benzene rings is 4. The fraction of sp³-hybridized carbons (Fsp3) is 0.0667. The summed E-state index contributed by atoms with van der Waals surface area (Å²) in [6.07, 6.45) is 8.64. The van der Waals surface area contributed by atoms with Gasteiger partial charge in [0.25, 0.3) is 0 Å². The molecular formula is C30H26N2. The largest absolute Gasteiger partial charge is 0.397 e. The van der Waals surface area contributed by atoms with Gasteiger partial charge in [-0.2, -0.15) is 0 Å². The molecule has 0 saturated heterocycles. The molecule has 0 saturated carbocycles. The smallest absolute Gasteiger partial charge is 0.0634 e. The lowest BCUT2D eigenvalue weighted by molar-refractivity contribution is 1.05. The molecule has 156 valence electrons. The normalized spacial score (nSPS) is 13.1. The molecule has 1 aliphatic carbocycles. The first kappa shape index (κ1) is 19.9. The van der Waals surface area contributed by atoms with Crippen molar-refractivity contribution in [2.24, 2.45) is 0 Å². The van der Waals surface area contributed by atoms with Gasteiger partial charge in [-0.3, -0.25) is 0 Å². The van der Waals surface area contributed by atoms with E-state index in [0.717, 1.165) is 46.2 Å². The first-order chi connectivity index (χ1) is 15.7. The van der Waals surface area contributed by atoms with E-state index in [1.807, 2.05) is 12.1 Å². The van der Waals surface area contributed by atoms with Crippen LogP contribution in [0.2, 0.25) is 0 Å². The molecule has 4 aromatic carbocycles. The van der Waals surface area contributed by atoms with Crippen LogP contribution in [0.5, 0.6) is 0 Å². The SMILES string of the molecule is Nc1c(-c2ccccc2C2=CC=CCC2)ccc(-c2ccccc2-c2ccccc2)c1N. The Morgan fingerprint density at radius 3 is 1.62 bits per heavy atom. The van der Waals surface area contributed by atoms with Crippen LogP contribution >= 0.6 is 0 Å². The van der Waals surface area contributed by atoms with Crippen LogP contribution in [0, 0.1) is 0 Å². The summed E-state index contributed by atoms with van der Waals surface area (Å²) in [4.78, 5) is 0. The molecule has 0 bridgehead atoms. The molecule has 0 unspecified atom stereocenters. The van der Waals surface area contributed by atoms with E-state index in [1.54, 1.807) is 0 Å². The molecule has 0 amide bonds. The average molecular weight is 415 g/mol. The second kappa shape index (κ2) is 8.60. The second-order valence-electron chi connectivity index (χ2n) is 8.10. The minimum atomic E-state index is 0.623. The third-order valence-corrected chi connectivity index (χ3v) is 6.17. The lowest BCUT2D eigenvalue weighted by Crippen LogP contribution is -2.02. The Bertz CT molecular complexity index is 1330. The van der Waals surface area contributed by atoms with E-state index in [4.69, 9.17) is 11.5 Å².